The molecule has 1 aliphatic rings. The summed E-state index contributed by atoms with van der Waals surface area (Å²) in [7, 11) is 0. The van der Waals surface area contributed by atoms with Crippen molar-refractivity contribution in [2.24, 2.45) is 0 Å². The molecule has 0 saturated carbocycles. The van der Waals surface area contributed by atoms with Gasteiger partial charge in [0.2, 0.25) is 0 Å². The highest BCUT2D eigenvalue weighted by Gasteiger charge is 2.28. The maximum absolute atomic E-state index is 12.2. The summed E-state index contributed by atoms with van der Waals surface area (Å²) < 4.78 is 7.64. The molecule has 3 heterocycles. The lowest BCUT2D eigenvalue weighted by Gasteiger charge is -2.33. The zero-order valence-electron chi connectivity index (χ0n) is 14.4. The predicted molar refractivity (Wildman–Crippen MR) is 89.7 cm³/mol. The second kappa shape index (κ2) is 5.87. The molecule has 3 rings (SSSR count). The lowest BCUT2D eigenvalue weighted by molar-refractivity contribution is 0.0204. The summed E-state index contributed by atoms with van der Waals surface area (Å²) in [5.41, 5.74) is 3.02. The van der Waals surface area contributed by atoms with Crippen molar-refractivity contribution in [2.45, 2.75) is 52.1 Å². The molecule has 1 saturated heterocycles. The van der Waals surface area contributed by atoms with Crippen molar-refractivity contribution in [3.05, 3.63) is 35.8 Å². The molecule has 0 aromatic carbocycles. The van der Waals surface area contributed by atoms with Gasteiger partial charge in [-0.3, -0.25) is 0 Å². The number of aryl methyl sites for hydroxylation is 1. The van der Waals surface area contributed by atoms with Crippen molar-refractivity contribution in [1.29, 1.82) is 0 Å². The van der Waals surface area contributed by atoms with Gasteiger partial charge in [-0.25, -0.2) is 9.78 Å². The Morgan fingerprint density at radius 3 is 2.65 bits per heavy atom. The molecule has 2 aromatic heterocycles. The number of amides is 1. The summed E-state index contributed by atoms with van der Waals surface area (Å²) in [6.07, 6.45) is 5.74. The van der Waals surface area contributed by atoms with Crippen LogP contribution in [0.5, 0.6) is 0 Å². The number of rotatable bonds is 1. The molecular formula is C18H25N3O2. The van der Waals surface area contributed by atoms with Crippen LogP contribution in [0.4, 0.5) is 4.79 Å². The number of imidazole rings is 1. The normalized spacial score (nSPS) is 16.8. The Balaban J connectivity index is 1.69. The molecule has 5 nitrogen and oxygen atoms in total. The fraction of sp³-hybridized carbons (Fsp3) is 0.556. The largest absolute Gasteiger partial charge is 0.444 e. The maximum Gasteiger partial charge on any atom is 0.410 e. The van der Waals surface area contributed by atoms with Crippen LogP contribution in [-0.4, -0.2) is 39.1 Å². The van der Waals surface area contributed by atoms with E-state index in [0.29, 0.717) is 5.92 Å². The number of carbonyl (C=O) groups excluding carboxylic acids is 1. The Hall–Kier alpha value is -2.04. The number of pyridine rings is 1. The lowest BCUT2D eigenvalue weighted by atomic mass is 9.94. The molecule has 0 aliphatic carbocycles. The number of hydrogen-bond acceptors (Lipinski definition) is 3. The van der Waals surface area contributed by atoms with E-state index in [1.165, 1.54) is 11.3 Å². The van der Waals surface area contributed by atoms with Crippen molar-refractivity contribution in [2.75, 3.05) is 13.1 Å². The van der Waals surface area contributed by atoms with Crippen LogP contribution in [0, 0.1) is 6.92 Å². The first kappa shape index (κ1) is 15.8. The monoisotopic (exact) mass is 315 g/mol. The highest BCUT2D eigenvalue weighted by molar-refractivity contribution is 5.68. The summed E-state index contributed by atoms with van der Waals surface area (Å²) in [5.74, 6) is 0.436. The van der Waals surface area contributed by atoms with Gasteiger partial charge in [-0.1, -0.05) is 6.07 Å². The first-order valence-electron chi connectivity index (χ1n) is 8.25. The maximum atomic E-state index is 12.2. The van der Waals surface area contributed by atoms with Crippen molar-refractivity contribution in [1.82, 2.24) is 14.3 Å². The summed E-state index contributed by atoms with van der Waals surface area (Å²) >= 11 is 0. The average molecular weight is 315 g/mol. The number of carbonyl (C=O) groups is 1. The summed E-state index contributed by atoms with van der Waals surface area (Å²) in [6.45, 7) is 9.25. The van der Waals surface area contributed by atoms with Gasteiger partial charge in [0, 0.05) is 37.1 Å². The second-order valence-electron chi connectivity index (χ2n) is 7.31. The highest BCUT2D eigenvalue weighted by Crippen LogP contribution is 2.29. The molecule has 1 amide bonds. The van der Waals surface area contributed by atoms with Crippen LogP contribution in [0.25, 0.3) is 5.65 Å². The van der Waals surface area contributed by atoms with Crippen molar-refractivity contribution >= 4 is 11.7 Å². The SMILES string of the molecule is Cc1cccn2c(C3CCN(C(=O)OC(C)(C)C)CC3)cnc12. The molecule has 5 heteroatoms. The molecule has 2 aromatic rings. The van der Waals surface area contributed by atoms with Gasteiger partial charge in [0.15, 0.2) is 0 Å². The van der Waals surface area contributed by atoms with Crippen molar-refractivity contribution in [3.63, 3.8) is 0 Å². The minimum absolute atomic E-state index is 0.204. The van der Waals surface area contributed by atoms with Gasteiger partial charge in [0.1, 0.15) is 11.2 Å². The van der Waals surface area contributed by atoms with E-state index >= 15 is 0 Å². The molecule has 124 valence electrons. The van der Waals surface area contributed by atoms with E-state index in [1.807, 2.05) is 31.9 Å². The first-order valence-corrected chi connectivity index (χ1v) is 8.25. The molecule has 0 radical (unpaired) electrons. The van der Waals surface area contributed by atoms with Crippen LogP contribution in [0.2, 0.25) is 0 Å². The molecule has 0 N–H and O–H groups in total. The topological polar surface area (TPSA) is 46.8 Å². The number of piperidine rings is 1. The number of ether oxygens (including phenoxy) is 1. The summed E-state index contributed by atoms with van der Waals surface area (Å²) in [6, 6.07) is 4.14. The van der Waals surface area contributed by atoms with Crippen molar-refractivity contribution in [3.8, 4) is 0 Å². The van der Waals surface area contributed by atoms with E-state index in [4.69, 9.17) is 4.74 Å². The first-order chi connectivity index (χ1) is 10.8. The highest BCUT2D eigenvalue weighted by atomic mass is 16.6. The van der Waals surface area contributed by atoms with Crippen LogP contribution in [0.3, 0.4) is 0 Å². The van der Waals surface area contributed by atoms with Gasteiger partial charge in [-0.05, 0) is 52.2 Å². The zero-order chi connectivity index (χ0) is 16.6. The van der Waals surface area contributed by atoms with E-state index < -0.39 is 5.60 Å². The number of fused-ring (bicyclic) bond motifs is 1. The van der Waals surface area contributed by atoms with Gasteiger partial charge in [-0.2, -0.15) is 0 Å². The number of likely N-dealkylation sites (tertiary alicyclic amines) is 1. The van der Waals surface area contributed by atoms with Crippen LogP contribution < -0.4 is 0 Å². The second-order valence-corrected chi connectivity index (χ2v) is 7.31. The summed E-state index contributed by atoms with van der Waals surface area (Å²) in [5, 5.41) is 0. The standard InChI is InChI=1S/C18H25N3O2/c1-13-6-5-9-21-15(12-19-16(13)21)14-7-10-20(11-8-14)17(22)23-18(2,3)4/h5-6,9,12,14H,7-8,10-11H2,1-4H3. The number of aromatic nitrogens is 2. The predicted octanol–water partition coefficient (Wildman–Crippen LogP) is 3.76. The van der Waals surface area contributed by atoms with Crippen LogP contribution >= 0.6 is 0 Å². The van der Waals surface area contributed by atoms with Crippen LogP contribution in [0.15, 0.2) is 24.5 Å². The fourth-order valence-electron chi connectivity index (χ4n) is 3.16. The van der Waals surface area contributed by atoms with Gasteiger partial charge in [-0.15, -0.1) is 0 Å². The Morgan fingerprint density at radius 2 is 2.00 bits per heavy atom. The van der Waals surface area contributed by atoms with Gasteiger partial charge in [0.25, 0.3) is 0 Å². The third-order valence-corrected chi connectivity index (χ3v) is 4.32. The zero-order valence-corrected chi connectivity index (χ0v) is 14.4. The van der Waals surface area contributed by atoms with Gasteiger partial charge >= 0.3 is 6.09 Å². The summed E-state index contributed by atoms with van der Waals surface area (Å²) in [4.78, 5) is 18.5. The Labute approximate surface area is 137 Å². The lowest BCUT2D eigenvalue weighted by Crippen LogP contribution is -2.41. The number of nitrogens with zero attached hydrogens (tertiary/aromatic N) is 3. The number of hydrogen-bond donors (Lipinski definition) is 0. The van der Waals surface area contributed by atoms with E-state index in [1.54, 1.807) is 0 Å². The molecule has 1 fully saturated rings. The molecule has 0 bridgehead atoms. The Kier molecular flexibility index (Phi) is 4.04. The average Bonchev–Trinajstić information content (AvgIpc) is 2.91. The molecule has 23 heavy (non-hydrogen) atoms. The fourth-order valence-corrected chi connectivity index (χ4v) is 3.16. The van der Waals surface area contributed by atoms with E-state index in [-0.39, 0.29) is 6.09 Å². The molecule has 0 spiro atoms. The molecule has 1 aliphatic heterocycles. The van der Waals surface area contributed by atoms with Gasteiger partial charge in [0.05, 0.1) is 0 Å². The smallest absolute Gasteiger partial charge is 0.410 e. The van der Waals surface area contributed by atoms with E-state index in [0.717, 1.165) is 31.6 Å². The third kappa shape index (κ3) is 3.33. The quantitative estimate of drug-likeness (QED) is 0.805. The minimum Gasteiger partial charge on any atom is -0.444 e. The molecular weight excluding hydrogens is 290 g/mol. The van der Waals surface area contributed by atoms with E-state index in [2.05, 4.69) is 34.6 Å². The molecule has 0 unspecified atom stereocenters. The van der Waals surface area contributed by atoms with Crippen LogP contribution in [0.1, 0.15) is 50.8 Å². The minimum atomic E-state index is -0.437. The Morgan fingerprint density at radius 1 is 1.30 bits per heavy atom. The van der Waals surface area contributed by atoms with Crippen molar-refractivity contribution < 1.29 is 9.53 Å². The van der Waals surface area contributed by atoms with E-state index in [9.17, 15) is 4.79 Å². The third-order valence-electron chi connectivity index (χ3n) is 4.32. The molecule has 0 atom stereocenters. The Bertz CT molecular complexity index is 707. The van der Waals surface area contributed by atoms with Crippen LogP contribution in [-0.2, 0) is 4.74 Å². The van der Waals surface area contributed by atoms with Gasteiger partial charge < -0.3 is 14.0 Å².